The maximum absolute atomic E-state index is 13.0. The summed E-state index contributed by atoms with van der Waals surface area (Å²) in [6, 6.07) is 3.16. The standard InChI is InChI=1S/C10H9ClFN3O2S/c11-9-2-1-7(12)3-10(9)18(16,17)15-5-8-4-13-6-14-8/h1-4,6,15H,5H2,(H,13,14). The molecule has 0 unspecified atom stereocenters. The molecule has 0 saturated heterocycles. The van der Waals surface area contributed by atoms with E-state index in [0.29, 0.717) is 5.69 Å². The zero-order valence-corrected chi connectivity index (χ0v) is 10.6. The smallest absolute Gasteiger partial charge is 0.242 e. The fourth-order valence-electron chi connectivity index (χ4n) is 1.32. The SMILES string of the molecule is O=S(=O)(NCc1cnc[nH]1)c1cc(F)ccc1Cl. The molecule has 0 spiro atoms. The molecule has 0 bridgehead atoms. The van der Waals surface area contributed by atoms with Crippen molar-refractivity contribution in [2.24, 2.45) is 0 Å². The first-order valence-corrected chi connectivity index (χ1v) is 6.77. The van der Waals surface area contributed by atoms with Gasteiger partial charge in [0.1, 0.15) is 10.7 Å². The van der Waals surface area contributed by atoms with Gasteiger partial charge in [-0.15, -0.1) is 0 Å². The number of hydrogen-bond donors (Lipinski definition) is 2. The molecule has 96 valence electrons. The first-order valence-electron chi connectivity index (χ1n) is 4.91. The predicted molar refractivity (Wildman–Crippen MR) is 64.0 cm³/mol. The number of aromatic nitrogens is 2. The molecule has 1 aromatic heterocycles. The van der Waals surface area contributed by atoms with Gasteiger partial charge in [-0.3, -0.25) is 0 Å². The summed E-state index contributed by atoms with van der Waals surface area (Å²) in [6.07, 6.45) is 2.91. The fraction of sp³-hybridized carbons (Fsp3) is 0.100. The number of benzene rings is 1. The first kappa shape index (κ1) is 13.0. The lowest BCUT2D eigenvalue weighted by atomic mass is 10.3. The van der Waals surface area contributed by atoms with Crippen molar-refractivity contribution in [3.63, 3.8) is 0 Å². The van der Waals surface area contributed by atoms with Crippen LogP contribution in [0.4, 0.5) is 4.39 Å². The summed E-state index contributed by atoms with van der Waals surface area (Å²) in [5.41, 5.74) is 0.589. The minimum absolute atomic E-state index is 0.0230. The Kier molecular flexibility index (Phi) is 3.65. The molecule has 2 rings (SSSR count). The topological polar surface area (TPSA) is 74.8 Å². The number of sulfonamides is 1. The second kappa shape index (κ2) is 5.05. The third kappa shape index (κ3) is 2.87. The molecule has 0 amide bonds. The predicted octanol–water partition coefficient (Wildman–Crippen LogP) is 1.68. The third-order valence-corrected chi connectivity index (χ3v) is 4.07. The summed E-state index contributed by atoms with van der Waals surface area (Å²) in [4.78, 5) is 6.20. The van der Waals surface area contributed by atoms with E-state index in [9.17, 15) is 12.8 Å². The highest BCUT2D eigenvalue weighted by atomic mass is 35.5. The monoisotopic (exact) mass is 289 g/mol. The molecule has 2 aromatic rings. The molecule has 0 aliphatic carbocycles. The number of imidazole rings is 1. The van der Waals surface area contributed by atoms with Crippen molar-refractivity contribution in [1.29, 1.82) is 0 Å². The van der Waals surface area contributed by atoms with Crippen LogP contribution in [0, 0.1) is 5.82 Å². The van der Waals surface area contributed by atoms with Gasteiger partial charge >= 0.3 is 0 Å². The molecule has 0 radical (unpaired) electrons. The number of rotatable bonds is 4. The van der Waals surface area contributed by atoms with Crippen molar-refractivity contribution in [2.45, 2.75) is 11.4 Å². The van der Waals surface area contributed by atoms with Crippen LogP contribution in [-0.2, 0) is 16.6 Å². The van der Waals surface area contributed by atoms with Gasteiger partial charge < -0.3 is 4.98 Å². The lowest BCUT2D eigenvalue weighted by Crippen LogP contribution is -2.23. The minimum Gasteiger partial charge on any atom is -0.347 e. The van der Waals surface area contributed by atoms with Gasteiger partial charge in [0.05, 0.1) is 17.9 Å². The van der Waals surface area contributed by atoms with Crippen LogP contribution in [0.15, 0.2) is 35.6 Å². The van der Waals surface area contributed by atoms with Crippen molar-refractivity contribution in [2.75, 3.05) is 0 Å². The van der Waals surface area contributed by atoms with Crippen LogP contribution in [0.5, 0.6) is 0 Å². The highest BCUT2D eigenvalue weighted by Crippen LogP contribution is 2.22. The second-order valence-corrected chi connectivity index (χ2v) is 5.62. The fourth-order valence-corrected chi connectivity index (χ4v) is 2.83. The molecule has 5 nitrogen and oxygen atoms in total. The van der Waals surface area contributed by atoms with Gasteiger partial charge in [0.25, 0.3) is 0 Å². The van der Waals surface area contributed by atoms with Crippen molar-refractivity contribution in [3.05, 3.63) is 47.3 Å². The van der Waals surface area contributed by atoms with E-state index in [-0.39, 0.29) is 16.5 Å². The van der Waals surface area contributed by atoms with E-state index in [4.69, 9.17) is 11.6 Å². The Morgan fingerprint density at radius 1 is 1.44 bits per heavy atom. The molecular weight excluding hydrogens is 281 g/mol. The van der Waals surface area contributed by atoms with Gasteiger partial charge in [0.2, 0.25) is 10.0 Å². The Morgan fingerprint density at radius 3 is 2.89 bits per heavy atom. The van der Waals surface area contributed by atoms with Crippen LogP contribution in [-0.4, -0.2) is 18.4 Å². The molecule has 0 aliphatic heterocycles. The molecular formula is C10H9ClFN3O2S. The van der Waals surface area contributed by atoms with Crippen molar-refractivity contribution in [1.82, 2.24) is 14.7 Å². The van der Waals surface area contributed by atoms with E-state index in [1.807, 2.05) is 0 Å². The Bertz CT molecular complexity index is 643. The van der Waals surface area contributed by atoms with E-state index in [0.717, 1.165) is 12.1 Å². The first-order chi connectivity index (χ1) is 8.49. The summed E-state index contributed by atoms with van der Waals surface area (Å²) in [6.45, 7) is 0.0230. The number of aromatic amines is 1. The lowest BCUT2D eigenvalue weighted by Gasteiger charge is -2.07. The lowest BCUT2D eigenvalue weighted by molar-refractivity contribution is 0.577. The Labute approximate surface area is 108 Å². The maximum atomic E-state index is 13.0. The number of nitrogens with one attached hydrogen (secondary N) is 2. The van der Waals surface area contributed by atoms with Crippen molar-refractivity contribution < 1.29 is 12.8 Å². The van der Waals surface area contributed by atoms with E-state index >= 15 is 0 Å². The molecule has 1 aromatic carbocycles. The van der Waals surface area contributed by atoms with Crippen molar-refractivity contribution >= 4 is 21.6 Å². The van der Waals surface area contributed by atoms with Crippen LogP contribution in [0.3, 0.4) is 0 Å². The molecule has 0 atom stereocenters. The van der Waals surface area contributed by atoms with Crippen LogP contribution < -0.4 is 4.72 Å². The second-order valence-electron chi connectivity index (χ2n) is 3.48. The molecule has 1 heterocycles. The zero-order valence-electron chi connectivity index (χ0n) is 9.02. The van der Waals surface area contributed by atoms with E-state index < -0.39 is 15.8 Å². The van der Waals surface area contributed by atoms with Gasteiger partial charge in [0, 0.05) is 11.9 Å². The van der Waals surface area contributed by atoms with Gasteiger partial charge in [-0.25, -0.2) is 22.5 Å². The number of hydrogen-bond acceptors (Lipinski definition) is 3. The van der Waals surface area contributed by atoms with Gasteiger partial charge in [-0.1, -0.05) is 11.6 Å². The molecule has 0 aliphatic rings. The van der Waals surface area contributed by atoms with E-state index in [2.05, 4.69) is 14.7 Å². The zero-order chi connectivity index (χ0) is 13.2. The van der Waals surface area contributed by atoms with Gasteiger partial charge in [-0.2, -0.15) is 0 Å². The number of nitrogens with zero attached hydrogens (tertiary/aromatic N) is 1. The number of H-pyrrole nitrogens is 1. The summed E-state index contributed by atoms with van der Waals surface area (Å²) in [7, 11) is -3.86. The summed E-state index contributed by atoms with van der Waals surface area (Å²) in [5, 5.41) is -0.0338. The highest BCUT2D eigenvalue weighted by Gasteiger charge is 2.18. The summed E-state index contributed by atoms with van der Waals surface area (Å²) >= 11 is 5.74. The molecule has 8 heteroatoms. The highest BCUT2D eigenvalue weighted by molar-refractivity contribution is 7.89. The molecule has 0 fully saturated rings. The summed E-state index contributed by atoms with van der Waals surface area (Å²) in [5.74, 6) is -0.665. The number of halogens is 2. The average Bonchev–Trinajstić information content (AvgIpc) is 2.83. The third-order valence-electron chi connectivity index (χ3n) is 2.19. The normalized spacial score (nSPS) is 11.7. The minimum atomic E-state index is -3.86. The van der Waals surface area contributed by atoms with Gasteiger partial charge in [-0.05, 0) is 18.2 Å². The largest absolute Gasteiger partial charge is 0.347 e. The molecule has 0 saturated carbocycles. The molecule has 18 heavy (non-hydrogen) atoms. The Balaban J connectivity index is 2.22. The van der Waals surface area contributed by atoms with Crippen LogP contribution in [0.25, 0.3) is 0 Å². The quantitative estimate of drug-likeness (QED) is 0.899. The van der Waals surface area contributed by atoms with Crippen molar-refractivity contribution in [3.8, 4) is 0 Å². The van der Waals surface area contributed by atoms with E-state index in [1.54, 1.807) is 0 Å². The van der Waals surface area contributed by atoms with E-state index in [1.165, 1.54) is 18.6 Å². The van der Waals surface area contributed by atoms with Crippen LogP contribution in [0.2, 0.25) is 5.02 Å². The van der Waals surface area contributed by atoms with Crippen LogP contribution in [0.1, 0.15) is 5.69 Å². The van der Waals surface area contributed by atoms with Gasteiger partial charge in [0.15, 0.2) is 0 Å². The molecule has 2 N–H and O–H groups in total. The Morgan fingerprint density at radius 2 is 2.22 bits per heavy atom. The van der Waals surface area contributed by atoms with Crippen LogP contribution >= 0.6 is 11.6 Å². The summed E-state index contributed by atoms with van der Waals surface area (Å²) < 4.78 is 39.1. The average molecular weight is 290 g/mol. The maximum Gasteiger partial charge on any atom is 0.242 e. The Hall–Kier alpha value is -1.44.